The first kappa shape index (κ1) is 21.7. The van der Waals surface area contributed by atoms with Crippen LogP contribution in [-0.2, 0) is 17.9 Å². The van der Waals surface area contributed by atoms with Crippen LogP contribution in [0, 0.1) is 5.82 Å². The highest BCUT2D eigenvalue weighted by Gasteiger charge is 2.20. The molecule has 0 fully saturated rings. The third-order valence-corrected chi connectivity index (χ3v) is 4.70. The fraction of sp³-hybridized carbons (Fsp3) is 0.333. The Morgan fingerprint density at radius 1 is 1.10 bits per heavy atom. The van der Waals surface area contributed by atoms with Crippen molar-refractivity contribution in [3.8, 4) is 5.69 Å². The van der Waals surface area contributed by atoms with E-state index >= 15 is 0 Å². The van der Waals surface area contributed by atoms with Crippen LogP contribution in [-0.4, -0.2) is 21.8 Å². The average molecular weight is 410 g/mol. The van der Waals surface area contributed by atoms with Gasteiger partial charge in [0.2, 0.25) is 0 Å². The standard InChI is InChI=1S/C24H28FN3O2/c1-16(2)23-22(14-27-28(23)21-10-8-20(25)9-11-21)24(29)26-13-18-6-5-7-19(12-18)15-30-17(3)4/h5-12,14,16-17H,13,15H2,1-4H3,(H,26,29). The minimum absolute atomic E-state index is 0.0646. The number of amides is 1. The zero-order valence-corrected chi connectivity index (χ0v) is 17.9. The monoisotopic (exact) mass is 409 g/mol. The largest absolute Gasteiger partial charge is 0.374 e. The van der Waals surface area contributed by atoms with Gasteiger partial charge < -0.3 is 10.1 Å². The van der Waals surface area contributed by atoms with E-state index in [9.17, 15) is 9.18 Å². The minimum Gasteiger partial charge on any atom is -0.374 e. The second-order valence-corrected chi connectivity index (χ2v) is 7.85. The first-order chi connectivity index (χ1) is 14.3. The van der Waals surface area contributed by atoms with E-state index in [1.165, 1.54) is 12.1 Å². The molecule has 30 heavy (non-hydrogen) atoms. The Bertz CT molecular complexity index is 994. The van der Waals surface area contributed by atoms with Crippen molar-refractivity contribution in [2.24, 2.45) is 0 Å². The van der Waals surface area contributed by atoms with Crippen LogP contribution in [0.15, 0.2) is 54.7 Å². The van der Waals surface area contributed by atoms with Crippen molar-refractivity contribution < 1.29 is 13.9 Å². The first-order valence-corrected chi connectivity index (χ1v) is 10.2. The number of hydrogen-bond acceptors (Lipinski definition) is 3. The first-order valence-electron chi connectivity index (χ1n) is 10.2. The number of nitrogens with one attached hydrogen (secondary N) is 1. The van der Waals surface area contributed by atoms with Gasteiger partial charge in [-0.25, -0.2) is 9.07 Å². The highest BCUT2D eigenvalue weighted by molar-refractivity contribution is 5.95. The molecule has 158 valence electrons. The molecule has 1 amide bonds. The molecule has 0 saturated carbocycles. The number of nitrogens with zero attached hydrogens (tertiary/aromatic N) is 2. The lowest BCUT2D eigenvalue weighted by molar-refractivity contribution is 0.0657. The molecule has 1 heterocycles. The molecule has 1 N–H and O–H groups in total. The average Bonchev–Trinajstić information content (AvgIpc) is 3.17. The molecule has 2 aromatic carbocycles. The van der Waals surface area contributed by atoms with Gasteiger partial charge in [0, 0.05) is 6.54 Å². The molecule has 0 atom stereocenters. The summed E-state index contributed by atoms with van der Waals surface area (Å²) in [5.41, 5.74) is 4.11. The van der Waals surface area contributed by atoms with E-state index in [4.69, 9.17) is 4.74 Å². The molecule has 6 heteroatoms. The molecule has 0 aliphatic rings. The predicted molar refractivity (Wildman–Crippen MR) is 115 cm³/mol. The van der Waals surface area contributed by atoms with Crippen molar-refractivity contribution in [3.63, 3.8) is 0 Å². The Morgan fingerprint density at radius 3 is 2.47 bits per heavy atom. The molecule has 0 bridgehead atoms. The van der Waals surface area contributed by atoms with Crippen molar-refractivity contribution in [1.82, 2.24) is 15.1 Å². The van der Waals surface area contributed by atoms with Gasteiger partial charge in [0.25, 0.3) is 5.91 Å². The van der Waals surface area contributed by atoms with Crippen LogP contribution in [0.25, 0.3) is 5.69 Å². The number of ether oxygens (including phenoxy) is 1. The van der Waals surface area contributed by atoms with Crippen LogP contribution in [0.2, 0.25) is 0 Å². The summed E-state index contributed by atoms with van der Waals surface area (Å²) in [5, 5.41) is 7.37. The zero-order chi connectivity index (χ0) is 21.7. The van der Waals surface area contributed by atoms with Crippen LogP contribution < -0.4 is 5.32 Å². The number of aromatic nitrogens is 2. The lowest BCUT2D eigenvalue weighted by Crippen LogP contribution is -2.24. The third kappa shape index (κ3) is 5.33. The van der Waals surface area contributed by atoms with Crippen molar-refractivity contribution >= 4 is 5.91 Å². The zero-order valence-electron chi connectivity index (χ0n) is 17.9. The van der Waals surface area contributed by atoms with Gasteiger partial charge >= 0.3 is 0 Å². The van der Waals surface area contributed by atoms with Gasteiger partial charge in [0.15, 0.2) is 0 Å². The fourth-order valence-corrected chi connectivity index (χ4v) is 3.25. The lowest BCUT2D eigenvalue weighted by atomic mass is 10.0. The highest BCUT2D eigenvalue weighted by atomic mass is 19.1. The molecule has 5 nitrogen and oxygen atoms in total. The van der Waals surface area contributed by atoms with Crippen LogP contribution in [0.1, 0.15) is 60.8 Å². The van der Waals surface area contributed by atoms with Gasteiger partial charge in [-0.05, 0) is 55.2 Å². The summed E-state index contributed by atoms with van der Waals surface area (Å²) in [6.45, 7) is 8.97. The summed E-state index contributed by atoms with van der Waals surface area (Å²) >= 11 is 0. The van der Waals surface area contributed by atoms with E-state index in [2.05, 4.69) is 10.4 Å². The SMILES string of the molecule is CC(C)OCc1cccc(CNC(=O)c2cnn(-c3ccc(F)cc3)c2C(C)C)c1. The van der Waals surface area contributed by atoms with Gasteiger partial charge in [-0.2, -0.15) is 5.10 Å². The molecule has 3 aromatic rings. The normalized spacial score (nSPS) is 11.3. The molecule has 0 aliphatic heterocycles. The van der Waals surface area contributed by atoms with Crippen molar-refractivity contribution in [1.29, 1.82) is 0 Å². The number of hydrogen-bond donors (Lipinski definition) is 1. The summed E-state index contributed by atoms with van der Waals surface area (Å²) in [6.07, 6.45) is 1.74. The van der Waals surface area contributed by atoms with E-state index in [1.807, 2.05) is 52.0 Å². The maximum absolute atomic E-state index is 13.3. The van der Waals surface area contributed by atoms with Crippen LogP contribution in [0.4, 0.5) is 4.39 Å². The Hall–Kier alpha value is -2.99. The number of rotatable bonds is 8. The lowest BCUT2D eigenvalue weighted by Gasteiger charge is -2.13. The molecule has 0 radical (unpaired) electrons. The molecular weight excluding hydrogens is 381 g/mol. The number of carbonyl (C=O) groups is 1. The van der Waals surface area contributed by atoms with Gasteiger partial charge in [-0.15, -0.1) is 0 Å². The third-order valence-electron chi connectivity index (χ3n) is 4.70. The molecule has 0 aliphatic carbocycles. The topological polar surface area (TPSA) is 56.1 Å². The maximum Gasteiger partial charge on any atom is 0.255 e. The second kappa shape index (κ2) is 9.67. The molecular formula is C24H28FN3O2. The summed E-state index contributed by atoms with van der Waals surface area (Å²) in [6, 6.07) is 14.1. The number of carbonyl (C=O) groups excluding carboxylic acids is 1. The smallest absolute Gasteiger partial charge is 0.255 e. The van der Waals surface area contributed by atoms with Crippen molar-refractivity contribution in [2.45, 2.75) is 52.9 Å². The molecule has 0 spiro atoms. The van der Waals surface area contributed by atoms with Crippen molar-refractivity contribution in [2.75, 3.05) is 0 Å². The predicted octanol–water partition coefficient (Wildman–Crippen LogP) is 4.99. The van der Waals surface area contributed by atoms with Gasteiger partial charge in [-0.1, -0.05) is 38.1 Å². The van der Waals surface area contributed by atoms with E-state index in [0.717, 1.165) is 22.5 Å². The van der Waals surface area contributed by atoms with E-state index in [-0.39, 0.29) is 23.7 Å². The molecule has 0 saturated heterocycles. The Labute approximate surface area is 176 Å². The minimum atomic E-state index is -0.309. The van der Waals surface area contributed by atoms with Gasteiger partial charge in [0.05, 0.1) is 35.9 Å². The number of halogens is 1. The Balaban J connectivity index is 1.74. The summed E-state index contributed by atoms with van der Waals surface area (Å²) < 4.78 is 20.6. The van der Waals surface area contributed by atoms with E-state index in [1.54, 1.807) is 23.0 Å². The summed E-state index contributed by atoms with van der Waals surface area (Å²) in [5.74, 6) is -0.429. The molecule has 0 unspecified atom stereocenters. The van der Waals surface area contributed by atoms with Crippen LogP contribution in [0.3, 0.4) is 0 Å². The summed E-state index contributed by atoms with van der Waals surface area (Å²) in [7, 11) is 0. The highest BCUT2D eigenvalue weighted by Crippen LogP contribution is 2.23. The van der Waals surface area contributed by atoms with Gasteiger partial charge in [-0.3, -0.25) is 4.79 Å². The quantitative estimate of drug-likeness (QED) is 0.570. The molecule has 3 rings (SSSR count). The fourth-order valence-electron chi connectivity index (χ4n) is 3.25. The van der Waals surface area contributed by atoms with E-state index in [0.29, 0.717) is 18.7 Å². The second-order valence-electron chi connectivity index (χ2n) is 7.85. The Morgan fingerprint density at radius 2 is 1.80 bits per heavy atom. The van der Waals surface area contributed by atoms with Gasteiger partial charge in [0.1, 0.15) is 5.82 Å². The summed E-state index contributed by atoms with van der Waals surface area (Å²) in [4.78, 5) is 12.9. The van der Waals surface area contributed by atoms with Crippen molar-refractivity contribution in [3.05, 3.63) is 82.9 Å². The molecule has 1 aromatic heterocycles. The van der Waals surface area contributed by atoms with E-state index < -0.39 is 0 Å². The maximum atomic E-state index is 13.3. The van der Waals surface area contributed by atoms with Crippen LogP contribution in [0.5, 0.6) is 0 Å². The number of benzene rings is 2. The van der Waals surface area contributed by atoms with Crippen LogP contribution >= 0.6 is 0 Å². The Kier molecular flexibility index (Phi) is 7.00.